The Morgan fingerprint density at radius 1 is 1.21 bits per heavy atom. The summed E-state index contributed by atoms with van der Waals surface area (Å²) in [5.41, 5.74) is 1.14. The van der Waals surface area contributed by atoms with Crippen LogP contribution in [0.25, 0.3) is 0 Å². The number of allylic oxidation sites excluding steroid dienone is 2. The number of carboxylic acid groups (broad SMARTS) is 1. The van der Waals surface area contributed by atoms with Crippen molar-refractivity contribution in [3.63, 3.8) is 0 Å². The number of aliphatic carboxylic acids is 1. The lowest BCUT2D eigenvalue weighted by molar-refractivity contribution is -0.140. The van der Waals surface area contributed by atoms with Gasteiger partial charge in [0.25, 0.3) is 0 Å². The van der Waals surface area contributed by atoms with E-state index in [-0.39, 0.29) is 4.90 Å². The van der Waals surface area contributed by atoms with Gasteiger partial charge in [-0.25, -0.2) is 12.7 Å². The van der Waals surface area contributed by atoms with Crippen molar-refractivity contribution in [2.24, 2.45) is 5.92 Å². The lowest BCUT2D eigenvalue weighted by atomic mass is 9.93. The topological polar surface area (TPSA) is 79.6 Å². The second-order valence-corrected chi connectivity index (χ2v) is 8.79. The van der Waals surface area contributed by atoms with Crippen LogP contribution in [-0.4, -0.2) is 42.5 Å². The summed E-state index contributed by atoms with van der Waals surface area (Å²) in [6.07, 6.45) is 5.80. The fraction of sp³-hybridized carbons (Fsp3) is 0.227. The van der Waals surface area contributed by atoms with Crippen LogP contribution < -0.4 is 0 Å². The van der Waals surface area contributed by atoms with Crippen molar-refractivity contribution in [3.8, 4) is 23.7 Å². The van der Waals surface area contributed by atoms with Gasteiger partial charge in [-0.3, -0.25) is 4.79 Å². The number of hydrogen-bond acceptors (Lipinski definition) is 3. The van der Waals surface area contributed by atoms with Gasteiger partial charge < -0.3 is 9.67 Å². The van der Waals surface area contributed by atoms with E-state index in [0.29, 0.717) is 17.6 Å². The number of sulfonamides is 1. The molecule has 1 aliphatic carbocycles. The molecule has 0 saturated carbocycles. The van der Waals surface area contributed by atoms with E-state index >= 15 is 0 Å². The zero-order valence-corrected chi connectivity index (χ0v) is 16.8. The third-order valence-corrected chi connectivity index (χ3v) is 6.31. The Morgan fingerprint density at radius 3 is 2.59 bits per heavy atom. The first-order valence-electron chi connectivity index (χ1n) is 8.89. The smallest absolute Gasteiger partial charge is 0.321 e. The van der Waals surface area contributed by atoms with Crippen LogP contribution in [0, 0.1) is 29.6 Å². The van der Waals surface area contributed by atoms with Crippen LogP contribution in [0.3, 0.4) is 0 Å². The van der Waals surface area contributed by atoms with E-state index < -0.39 is 28.0 Å². The molecule has 1 aromatic heterocycles. The largest absolute Gasteiger partial charge is 0.480 e. The molecule has 1 aliphatic rings. The molecule has 148 valence electrons. The third-order valence-electron chi connectivity index (χ3n) is 4.49. The summed E-state index contributed by atoms with van der Waals surface area (Å²) in [4.78, 5) is 11.9. The molecule has 7 heteroatoms. The molecule has 2 atom stereocenters. The molecule has 29 heavy (non-hydrogen) atoms. The zero-order chi connectivity index (χ0) is 21.0. The fourth-order valence-corrected chi connectivity index (χ4v) is 3.93. The predicted molar refractivity (Wildman–Crippen MR) is 109 cm³/mol. The maximum atomic E-state index is 12.3. The highest BCUT2D eigenvalue weighted by Gasteiger charge is 2.31. The molecule has 1 aromatic carbocycles. The molecule has 0 spiro atoms. The Kier molecular flexibility index (Phi) is 5.93. The highest BCUT2D eigenvalue weighted by atomic mass is 32.2. The fourth-order valence-electron chi connectivity index (χ4n) is 2.99. The average molecular weight is 408 g/mol. The SMILES string of the molecule is CN(C)S(=O)(=O)c1cccc(C#CC2=CCC#CC(C(=O)O)C2n2cccc2)c1. The summed E-state index contributed by atoms with van der Waals surface area (Å²) in [5.74, 6) is 9.78. The molecule has 3 rings (SSSR count). The zero-order valence-electron chi connectivity index (χ0n) is 16.0. The number of carbonyl (C=O) groups is 1. The standard InChI is InChI=1S/C22H20N2O4S/c1-23(2)29(27,28)19-10-7-8-17(16-19)12-13-18-9-3-4-11-20(22(25)26)21(18)24-14-5-6-15-24/h5-10,14-16,20-21H,3H2,1-2H3,(H,25,26). The van der Waals surface area contributed by atoms with Crippen molar-refractivity contribution in [1.29, 1.82) is 0 Å². The first-order chi connectivity index (χ1) is 13.8. The second-order valence-electron chi connectivity index (χ2n) is 6.64. The van der Waals surface area contributed by atoms with E-state index in [1.165, 1.54) is 26.2 Å². The van der Waals surface area contributed by atoms with Crippen LogP contribution in [-0.2, 0) is 14.8 Å². The Bertz CT molecular complexity index is 1170. The van der Waals surface area contributed by atoms with E-state index in [0.717, 1.165) is 4.31 Å². The molecular weight excluding hydrogens is 388 g/mol. The number of benzene rings is 1. The van der Waals surface area contributed by atoms with Crippen molar-refractivity contribution in [2.45, 2.75) is 17.4 Å². The number of rotatable bonds is 4. The molecular formula is C22H20N2O4S. The summed E-state index contributed by atoms with van der Waals surface area (Å²) < 4.78 is 27.6. The number of nitrogens with zero attached hydrogens (tertiary/aromatic N) is 2. The van der Waals surface area contributed by atoms with Gasteiger partial charge in [-0.05, 0) is 30.3 Å². The highest BCUT2D eigenvalue weighted by molar-refractivity contribution is 7.89. The van der Waals surface area contributed by atoms with Gasteiger partial charge >= 0.3 is 5.97 Å². The van der Waals surface area contributed by atoms with Crippen molar-refractivity contribution in [1.82, 2.24) is 8.87 Å². The van der Waals surface area contributed by atoms with Gasteiger partial charge in [0, 0.05) is 44.0 Å². The van der Waals surface area contributed by atoms with Gasteiger partial charge in [0.05, 0.1) is 10.9 Å². The normalized spacial score (nSPS) is 18.7. The molecule has 0 bridgehead atoms. The number of carboxylic acids is 1. The Morgan fingerprint density at radius 2 is 1.93 bits per heavy atom. The molecule has 6 nitrogen and oxygen atoms in total. The Labute approximate surface area is 170 Å². The van der Waals surface area contributed by atoms with Gasteiger partial charge in [-0.2, -0.15) is 0 Å². The number of aromatic nitrogens is 1. The van der Waals surface area contributed by atoms with E-state index in [9.17, 15) is 18.3 Å². The first-order valence-corrected chi connectivity index (χ1v) is 10.3. The van der Waals surface area contributed by atoms with Gasteiger partial charge in [0.2, 0.25) is 10.0 Å². The minimum Gasteiger partial charge on any atom is -0.480 e. The summed E-state index contributed by atoms with van der Waals surface area (Å²) >= 11 is 0. The summed E-state index contributed by atoms with van der Waals surface area (Å²) in [5, 5.41) is 9.65. The molecule has 2 aromatic rings. The van der Waals surface area contributed by atoms with Gasteiger partial charge in [0.1, 0.15) is 5.92 Å². The molecule has 1 heterocycles. The molecule has 1 N–H and O–H groups in total. The van der Waals surface area contributed by atoms with E-state index in [2.05, 4.69) is 23.7 Å². The van der Waals surface area contributed by atoms with Gasteiger partial charge in [-0.1, -0.05) is 35.8 Å². The molecule has 0 fully saturated rings. The molecule has 0 amide bonds. The van der Waals surface area contributed by atoms with Crippen LogP contribution in [0.4, 0.5) is 0 Å². The monoisotopic (exact) mass is 408 g/mol. The molecule has 0 radical (unpaired) electrons. The summed E-state index contributed by atoms with van der Waals surface area (Å²) in [6.45, 7) is 0. The minimum atomic E-state index is -3.57. The van der Waals surface area contributed by atoms with Gasteiger partial charge in [0.15, 0.2) is 0 Å². The summed E-state index contributed by atoms with van der Waals surface area (Å²) in [6, 6.07) is 9.45. The Balaban J connectivity index is 2.01. The van der Waals surface area contributed by atoms with Crippen molar-refractivity contribution in [2.75, 3.05) is 14.1 Å². The second kappa shape index (κ2) is 8.40. The van der Waals surface area contributed by atoms with Crippen molar-refractivity contribution < 1.29 is 18.3 Å². The quantitative estimate of drug-likeness (QED) is 0.788. The van der Waals surface area contributed by atoms with Crippen molar-refractivity contribution in [3.05, 3.63) is 66.0 Å². The van der Waals surface area contributed by atoms with Crippen molar-refractivity contribution >= 4 is 16.0 Å². The lowest BCUT2D eigenvalue weighted by Gasteiger charge is -2.21. The summed E-state index contributed by atoms with van der Waals surface area (Å²) in [7, 11) is -0.626. The maximum absolute atomic E-state index is 12.3. The average Bonchev–Trinajstić information content (AvgIpc) is 3.12. The number of hydrogen-bond donors (Lipinski definition) is 1. The van der Waals surface area contributed by atoms with E-state index in [1.807, 2.05) is 18.2 Å². The van der Waals surface area contributed by atoms with Crippen LogP contribution in [0.15, 0.2) is 65.3 Å². The van der Waals surface area contributed by atoms with Crippen LogP contribution in [0.5, 0.6) is 0 Å². The minimum absolute atomic E-state index is 0.151. The van der Waals surface area contributed by atoms with Crippen LogP contribution in [0.2, 0.25) is 0 Å². The molecule has 0 saturated heterocycles. The van der Waals surface area contributed by atoms with E-state index in [4.69, 9.17) is 0 Å². The van der Waals surface area contributed by atoms with E-state index in [1.54, 1.807) is 29.1 Å². The van der Waals surface area contributed by atoms with Crippen LogP contribution in [0.1, 0.15) is 18.0 Å². The highest BCUT2D eigenvalue weighted by Crippen LogP contribution is 2.29. The maximum Gasteiger partial charge on any atom is 0.321 e. The third kappa shape index (κ3) is 4.43. The first kappa shape index (κ1) is 20.5. The molecule has 2 unspecified atom stereocenters. The predicted octanol–water partition coefficient (Wildman–Crippen LogP) is 2.37. The lowest BCUT2D eigenvalue weighted by Crippen LogP contribution is -2.25. The Hall–Kier alpha value is -3.26. The molecule has 0 aliphatic heterocycles. The van der Waals surface area contributed by atoms with Crippen LogP contribution >= 0.6 is 0 Å². The van der Waals surface area contributed by atoms with Gasteiger partial charge in [-0.15, -0.1) is 0 Å².